The van der Waals surface area contributed by atoms with Crippen LogP contribution in [0.25, 0.3) is 0 Å². The molecule has 1 aromatic rings. The Balaban J connectivity index is 3.42. The minimum Gasteiger partial charge on any atom is -0.366 e. The number of hydrogen-bond donors (Lipinski definition) is 1. The number of nitrogens with zero attached hydrogens (tertiary/aromatic N) is 1. The van der Waals surface area contributed by atoms with Crippen LogP contribution in [0.2, 0.25) is 5.02 Å². The highest BCUT2D eigenvalue weighted by atomic mass is 35.5. The van der Waals surface area contributed by atoms with Crippen molar-refractivity contribution in [3.63, 3.8) is 0 Å². The van der Waals surface area contributed by atoms with Crippen LogP contribution in [0.5, 0.6) is 0 Å². The standard InChI is InChI=1S/C8H7ClN2O3/c1-4-2-6(9)7(11(13)14)3-5(4)8(10)12/h2-3H,1H3,(H2,10,12). The van der Waals surface area contributed by atoms with E-state index in [0.717, 1.165) is 6.07 Å². The van der Waals surface area contributed by atoms with Crippen LogP contribution in [0.15, 0.2) is 12.1 Å². The van der Waals surface area contributed by atoms with Crippen LogP contribution in [0.4, 0.5) is 5.69 Å². The number of carbonyl (C=O) groups is 1. The maximum atomic E-state index is 10.9. The summed E-state index contributed by atoms with van der Waals surface area (Å²) in [5.41, 5.74) is 5.35. The van der Waals surface area contributed by atoms with Gasteiger partial charge in [-0.05, 0) is 18.6 Å². The Labute approximate surface area is 84.6 Å². The summed E-state index contributed by atoms with van der Waals surface area (Å²) >= 11 is 5.61. The van der Waals surface area contributed by atoms with Crippen LogP contribution >= 0.6 is 11.6 Å². The zero-order chi connectivity index (χ0) is 10.9. The van der Waals surface area contributed by atoms with Gasteiger partial charge in [-0.3, -0.25) is 14.9 Å². The van der Waals surface area contributed by atoms with E-state index in [0.29, 0.717) is 5.56 Å². The third-order valence-electron chi connectivity index (χ3n) is 1.76. The van der Waals surface area contributed by atoms with E-state index >= 15 is 0 Å². The molecule has 0 saturated carbocycles. The van der Waals surface area contributed by atoms with Gasteiger partial charge < -0.3 is 5.73 Å². The first-order valence-corrected chi connectivity index (χ1v) is 4.05. The molecule has 0 unspecified atom stereocenters. The molecule has 0 bridgehead atoms. The predicted molar refractivity (Wildman–Crippen MR) is 51.4 cm³/mol. The summed E-state index contributed by atoms with van der Waals surface area (Å²) in [5, 5.41) is 10.5. The largest absolute Gasteiger partial charge is 0.366 e. The van der Waals surface area contributed by atoms with Crippen molar-refractivity contribution < 1.29 is 9.72 Å². The molecule has 6 heteroatoms. The summed E-state index contributed by atoms with van der Waals surface area (Å²) < 4.78 is 0. The van der Waals surface area contributed by atoms with Gasteiger partial charge in [0.1, 0.15) is 5.02 Å². The zero-order valence-corrected chi connectivity index (χ0v) is 8.04. The Morgan fingerprint density at radius 2 is 2.14 bits per heavy atom. The molecular formula is C8H7ClN2O3. The molecule has 0 aliphatic carbocycles. The van der Waals surface area contributed by atoms with Crippen LogP contribution in [0, 0.1) is 17.0 Å². The minimum atomic E-state index is -0.706. The summed E-state index contributed by atoms with van der Waals surface area (Å²) in [6.45, 7) is 1.61. The molecule has 1 aromatic carbocycles. The van der Waals surface area contributed by atoms with Crippen molar-refractivity contribution in [3.8, 4) is 0 Å². The van der Waals surface area contributed by atoms with E-state index in [-0.39, 0.29) is 16.3 Å². The molecule has 1 rings (SSSR count). The first kappa shape index (κ1) is 10.5. The lowest BCUT2D eigenvalue weighted by Crippen LogP contribution is -2.13. The average Bonchev–Trinajstić information content (AvgIpc) is 2.02. The molecule has 0 heterocycles. The predicted octanol–water partition coefficient (Wildman–Crippen LogP) is 1.66. The molecule has 14 heavy (non-hydrogen) atoms. The van der Waals surface area contributed by atoms with E-state index in [4.69, 9.17) is 17.3 Å². The lowest BCUT2D eigenvalue weighted by molar-refractivity contribution is -0.384. The fraction of sp³-hybridized carbons (Fsp3) is 0.125. The van der Waals surface area contributed by atoms with E-state index in [2.05, 4.69) is 0 Å². The van der Waals surface area contributed by atoms with Crippen molar-refractivity contribution in [1.82, 2.24) is 0 Å². The molecule has 0 atom stereocenters. The highest BCUT2D eigenvalue weighted by molar-refractivity contribution is 6.32. The van der Waals surface area contributed by atoms with Gasteiger partial charge >= 0.3 is 0 Å². The lowest BCUT2D eigenvalue weighted by atomic mass is 10.1. The summed E-state index contributed by atoms with van der Waals surface area (Å²) in [6.07, 6.45) is 0. The minimum absolute atomic E-state index is 0.00231. The van der Waals surface area contributed by atoms with E-state index in [1.807, 2.05) is 0 Å². The van der Waals surface area contributed by atoms with Gasteiger partial charge in [0.25, 0.3) is 5.69 Å². The number of nitro groups is 1. The van der Waals surface area contributed by atoms with Crippen molar-refractivity contribution in [2.45, 2.75) is 6.92 Å². The van der Waals surface area contributed by atoms with Crippen molar-refractivity contribution in [3.05, 3.63) is 38.4 Å². The first-order valence-electron chi connectivity index (χ1n) is 3.68. The lowest BCUT2D eigenvalue weighted by Gasteiger charge is -2.02. The summed E-state index contributed by atoms with van der Waals surface area (Å²) in [6, 6.07) is 2.43. The van der Waals surface area contributed by atoms with E-state index in [1.165, 1.54) is 6.07 Å². The van der Waals surface area contributed by atoms with E-state index in [1.54, 1.807) is 6.92 Å². The van der Waals surface area contributed by atoms with Crippen molar-refractivity contribution in [2.24, 2.45) is 5.73 Å². The Bertz CT molecular complexity index is 382. The average molecular weight is 215 g/mol. The number of primary amides is 1. The Hall–Kier alpha value is -1.62. The highest BCUT2D eigenvalue weighted by Crippen LogP contribution is 2.27. The molecule has 0 fully saturated rings. The third-order valence-corrected chi connectivity index (χ3v) is 2.06. The summed E-state index contributed by atoms with van der Waals surface area (Å²) in [5.74, 6) is -0.706. The second kappa shape index (κ2) is 3.63. The van der Waals surface area contributed by atoms with Gasteiger partial charge in [-0.2, -0.15) is 0 Å². The van der Waals surface area contributed by atoms with Crippen LogP contribution in [0.3, 0.4) is 0 Å². The highest BCUT2D eigenvalue weighted by Gasteiger charge is 2.17. The van der Waals surface area contributed by atoms with Gasteiger partial charge in [0.15, 0.2) is 0 Å². The van der Waals surface area contributed by atoms with Gasteiger partial charge in [-0.15, -0.1) is 0 Å². The van der Waals surface area contributed by atoms with Crippen LogP contribution in [0.1, 0.15) is 15.9 Å². The van der Waals surface area contributed by atoms with E-state index in [9.17, 15) is 14.9 Å². The topological polar surface area (TPSA) is 86.2 Å². The molecule has 5 nitrogen and oxygen atoms in total. The molecule has 74 valence electrons. The number of rotatable bonds is 2. The number of amides is 1. The molecule has 0 aliphatic rings. The number of benzene rings is 1. The van der Waals surface area contributed by atoms with Crippen molar-refractivity contribution >= 4 is 23.2 Å². The number of nitrogens with two attached hydrogens (primary N) is 1. The molecule has 0 spiro atoms. The smallest absolute Gasteiger partial charge is 0.288 e. The van der Waals surface area contributed by atoms with Gasteiger partial charge in [0.05, 0.1) is 4.92 Å². The Morgan fingerprint density at radius 3 is 2.57 bits per heavy atom. The molecule has 0 aliphatic heterocycles. The Kier molecular flexibility index (Phi) is 2.71. The van der Waals surface area contributed by atoms with Crippen LogP contribution in [-0.2, 0) is 0 Å². The normalized spacial score (nSPS) is 9.86. The maximum Gasteiger partial charge on any atom is 0.288 e. The molecular weight excluding hydrogens is 208 g/mol. The van der Waals surface area contributed by atoms with Gasteiger partial charge in [0.2, 0.25) is 5.91 Å². The quantitative estimate of drug-likeness (QED) is 0.600. The summed E-state index contributed by atoms with van der Waals surface area (Å²) in [7, 11) is 0. The van der Waals surface area contributed by atoms with Gasteiger partial charge in [0, 0.05) is 11.6 Å². The van der Waals surface area contributed by atoms with Crippen LogP contribution in [-0.4, -0.2) is 10.8 Å². The number of nitro benzene ring substituents is 1. The van der Waals surface area contributed by atoms with Crippen LogP contribution < -0.4 is 5.73 Å². The number of hydrogen-bond acceptors (Lipinski definition) is 3. The van der Waals surface area contributed by atoms with E-state index < -0.39 is 10.8 Å². The molecule has 1 amide bonds. The molecule has 0 aromatic heterocycles. The second-order valence-electron chi connectivity index (χ2n) is 2.74. The Morgan fingerprint density at radius 1 is 1.57 bits per heavy atom. The molecule has 0 radical (unpaired) electrons. The van der Waals surface area contributed by atoms with Crippen molar-refractivity contribution in [1.29, 1.82) is 0 Å². The first-order chi connectivity index (χ1) is 6.43. The monoisotopic (exact) mass is 214 g/mol. The molecule has 2 N–H and O–H groups in total. The zero-order valence-electron chi connectivity index (χ0n) is 7.28. The maximum absolute atomic E-state index is 10.9. The number of halogens is 1. The second-order valence-corrected chi connectivity index (χ2v) is 3.15. The summed E-state index contributed by atoms with van der Waals surface area (Å²) in [4.78, 5) is 20.7. The van der Waals surface area contributed by atoms with Crippen molar-refractivity contribution in [2.75, 3.05) is 0 Å². The fourth-order valence-corrected chi connectivity index (χ4v) is 1.35. The van der Waals surface area contributed by atoms with Gasteiger partial charge in [-0.25, -0.2) is 0 Å². The number of carbonyl (C=O) groups excluding carboxylic acids is 1. The SMILES string of the molecule is Cc1cc(Cl)c([N+](=O)[O-])cc1C(N)=O. The fourth-order valence-electron chi connectivity index (χ4n) is 1.07. The van der Waals surface area contributed by atoms with Gasteiger partial charge in [-0.1, -0.05) is 11.6 Å². The molecule has 0 saturated heterocycles. The number of aryl methyl sites for hydroxylation is 1. The third kappa shape index (κ3) is 1.82.